The van der Waals surface area contributed by atoms with Crippen LogP contribution in [-0.2, 0) is 14.3 Å². The molecule has 1 fully saturated rings. The highest BCUT2D eigenvalue weighted by Crippen LogP contribution is 1.96. The first kappa shape index (κ1) is 11.2. The molecule has 14 heavy (non-hydrogen) atoms. The molecule has 0 aromatic rings. The Kier molecular flexibility index (Phi) is 5.25. The lowest BCUT2D eigenvalue weighted by Gasteiger charge is -2.24. The van der Waals surface area contributed by atoms with Crippen molar-refractivity contribution in [1.29, 1.82) is 0 Å². The molecule has 4 heteroatoms. The van der Waals surface area contributed by atoms with Crippen LogP contribution in [-0.4, -0.2) is 50.3 Å². The first-order chi connectivity index (χ1) is 6.83. The van der Waals surface area contributed by atoms with Gasteiger partial charge in [0, 0.05) is 25.7 Å². The molecule has 0 radical (unpaired) electrons. The maximum Gasteiger partial charge on any atom is 0.330 e. The van der Waals surface area contributed by atoms with Gasteiger partial charge in [-0.3, -0.25) is 4.90 Å². The quantitative estimate of drug-likeness (QED) is 0.486. The molecule has 0 atom stereocenters. The van der Waals surface area contributed by atoms with E-state index in [1.165, 1.54) is 6.08 Å². The normalized spacial score (nSPS) is 18.6. The van der Waals surface area contributed by atoms with E-state index in [9.17, 15) is 4.79 Å². The van der Waals surface area contributed by atoms with Gasteiger partial charge in [0.25, 0.3) is 0 Å². The fraction of sp³-hybridized carbons (Fsp3) is 0.700. The minimum atomic E-state index is -0.263. The molecule has 0 amide bonds. The second kappa shape index (κ2) is 6.56. The second-order valence-corrected chi connectivity index (χ2v) is 3.07. The molecular weight excluding hydrogens is 182 g/mol. The van der Waals surface area contributed by atoms with Crippen molar-refractivity contribution in [2.45, 2.75) is 6.92 Å². The molecule has 0 unspecified atom stereocenters. The van der Waals surface area contributed by atoms with Crippen LogP contribution in [0.1, 0.15) is 6.92 Å². The van der Waals surface area contributed by atoms with Crippen molar-refractivity contribution in [3.63, 3.8) is 0 Å². The van der Waals surface area contributed by atoms with Crippen LogP contribution >= 0.6 is 0 Å². The van der Waals surface area contributed by atoms with Gasteiger partial charge in [-0.05, 0) is 6.92 Å². The molecular formula is C10H17NO3. The van der Waals surface area contributed by atoms with E-state index in [4.69, 9.17) is 9.47 Å². The van der Waals surface area contributed by atoms with E-state index in [1.54, 1.807) is 6.92 Å². The zero-order chi connectivity index (χ0) is 10.2. The summed E-state index contributed by atoms with van der Waals surface area (Å²) in [6, 6.07) is 0. The Bertz CT molecular complexity index is 198. The number of esters is 1. The van der Waals surface area contributed by atoms with Gasteiger partial charge < -0.3 is 9.47 Å². The number of ether oxygens (including phenoxy) is 2. The third-order valence-electron chi connectivity index (χ3n) is 2.01. The number of nitrogens with zero attached hydrogens (tertiary/aromatic N) is 1. The number of hydrogen-bond donors (Lipinski definition) is 0. The first-order valence-corrected chi connectivity index (χ1v) is 4.96. The number of carbonyl (C=O) groups excluding carboxylic acids is 1. The van der Waals surface area contributed by atoms with Gasteiger partial charge >= 0.3 is 5.97 Å². The SMILES string of the molecule is CCOC(=O)C=CCN1CCOCC1. The maximum absolute atomic E-state index is 10.9. The van der Waals surface area contributed by atoms with E-state index in [0.29, 0.717) is 6.61 Å². The summed E-state index contributed by atoms with van der Waals surface area (Å²) in [6.07, 6.45) is 3.32. The zero-order valence-electron chi connectivity index (χ0n) is 8.57. The Morgan fingerprint density at radius 1 is 1.50 bits per heavy atom. The molecule has 0 N–H and O–H groups in total. The molecule has 1 aliphatic rings. The second-order valence-electron chi connectivity index (χ2n) is 3.07. The lowest BCUT2D eigenvalue weighted by atomic mass is 10.4. The van der Waals surface area contributed by atoms with Gasteiger partial charge in [-0.25, -0.2) is 4.79 Å². The molecule has 0 aromatic heterocycles. The van der Waals surface area contributed by atoms with E-state index in [-0.39, 0.29) is 5.97 Å². The Hall–Kier alpha value is -0.870. The molecule has 0 bridgehead atoms. The predicted octanol–water partition coefficient (Wildman–Crippen LogP) is 0.438. The van der Waals surface area contributed by atoms with Crippen molar-refractivity contribution in [3.05, 3.63) is 12.2 Å². The highest BCUT2D eigenvalue weighted by molar-refractivity contribution is 5.81. The van der Waals surface area contributed by atoms with Crippen LogP contribution in [0.3, 0.4) is 0 Å². The number of hydrogen-bond acceptors (Lipinski definition) is 4. The summed E-state index contributed by atoms with van der Waals surface area (Å²) in [7, 11) is 0. The van der Waals surface area contributed by atoms with Gasteiger partial charge in [-0.1, -0.05) is 6.08 Å². The summed E-state index contributed by atoms with van der Waals surface area (Å²) < 4.78 is 9.97. The van der Waals surface area contributed by atoms with E-state index in [0.717, 1.165) is 32.8 Å². The van der Waals surface area contributed by atoms with Crippen LogP contribution in [0, 0.1) is 0 Å². The highest BCUT2D eigenvalue weighted by Gasteiger charge is 2.07. The van der Waals surface area contributed by atoms with E-state index in [2.05, 4.69) is 4.90 Å². The molecule has 4 nitrogen and oxygen atoms in total. The fourth-order valence-corrected chi connectivity index (χ4v) is 1.27. The lowest BCUT2D eigenvalue weighted by Crippen LogP contribution is -2.36. The van der Waals surface area contributed by atoms with Crippen LogP contribution in [0.2, 0.25) is 0 Å². The molecule has 0 aliphatic carbocycles. The number of morpholine rings is 1. The van der Waals surface area contributed by atoms with Crippen LogP contribution in [0.25, 0.3) is 0 Å². The molecule has 1 aliphatic heterocycles. The molecule has 1 saturated heterocycles. The fourth-order valence-electron chi connectivity index (χ4n) is 1.27. The highest BCUT2D eigenvalue weighted by atomic mass is 16.5. The smallest absolute Gasteiger partial charge is 0.330 e. The summed E-state index contributed by atoms with van der Waals surface area (Å²) in [5.41, 5.74) is 0. The summed E-state index contributed by atoms with van der Waals surface area (Å²) >= 11 is 0. The molecule has 1 rings (SSSR count). The average molecular weight is 199 g/mol. The molecule has 0 saturated carbocycles. The van der Waals surface area contributed by atoms with Gasteiger partial charge in [-0.2, -0.15) is 0 Å². The van der Waals surface area contributed by atoms with Gasteiger partial charge in [-0.15, -0.1) is 0 Å². The van der Waals surface area contributed by atoms with Crippen molar-refractivity contribution >= 4 is 5.97 Å². The van der Waals surface area contributed by atoms with Gasteiger partial charge in [0.05, 0.1) is 19.8 Å². The topological polar surface area (TPSA) is 38.8 Å². The molecule has 1 heterocycles. The summed E-state index contributed by atoms with van der Waals surface area (Å²) in [4.78, 5) is 13.2. The van der Waals surface area contributed by atoms with E-state index in [1.807, 2.05) is 6.08 Å². The van der Waals surface area contributed by atoms with Crippen molar-refractivity contribution in [3.8, 4) is 0 Å². The first-order valence-electron chi connectivity index (χ1n) is 4.96. The number of rotatable bonds is 4. The van der Waals surface area contributed by atoms with Crippen molar-refractivity contribution in [2.24, 2.45) is 0 Å². The molecule has 0 spiro atoms. The van der Waals surface area contributed by atoms with Gasteiger partial charge in [0.15, 0.2) is 0 Å². The summed E-state index contributed by atoms with van der Waals surface area (Å²) in [5.74, 6) is -0.263. The van der Waals surface area contributed by atoms with Crippen molar-refractivity contribution in [2.75, 3.05) is 39.5 Å². The predicted molar refractivity (Wildman–Crippen MR) is 53.0 cm³/mol. The van der Waals surface area contributed by atoms with Crippen molar-refractivity contribution < 1.29 is 14.3 Å². The average Bonchev–Trinajstić information content (AvgIpc) is 2.20. The van der Waals surface area contributed by atoms with Crippen LogP contribution in [0.5, 0.6) is 0 Å². The van der Waals surface area contributed by atoms with Crippen molar-refractivity contribution in [1.82, 2.24) is 4.90 Å². The van der Waals surface area contributed by atoms with E-state index >= 15 is 0 Å². The maximum atomic E-state index is 10.9. The summed E-state index contributed by atoms with van der Waals surface area (Å²) in [5, 5.41) is 0. The van der Waals surface area contributed by atoms with E-state index < -0.39 is 0 Å². The third kappa shape index (κ3) is 4.39. The monoisotopic (exact) mass is 199 g/mol. The standard InChI is InChI=1S/C10H17NO3/c1-2-14-10(12)4-3-5-11-6-8-13-9-7-11/h3-4H,2,5-9H2,1H3. The van der Waals surface area contributed by atoms with Gasteiger partial charge in [0.2, 0.25) is 0 Å². The minimum Gasteiger partial charge on any atom is -0.463 e. The third-order valence-corrected chi connectivity index (χ3v) is 2.01. The summed E-state index contributed by atoms with van der Waals surface area (Å²) in [6.45, 7) is 6.47. The zero-order valence-corrected chi connectivity index (χ0v) is 8.57. The Morgan fingerprint density at radius 2 is 2.21 bits per heavy atom. The van der Waals surface area contributed by atoms with Crippen LogP contribution in [0.15, 0.2) is 12.2 Å². The lowest BCUT2D eigenvalue weighted by molar-refractivity contribution is -0.137. The largest absolute Gasteiger partial charge is 0.463 e. The number of carbonyl (C=O) groups is 1. The Morgan fingerprint density at radius 3 is 2.86 bits per heavy atom. The van der Waals surface area contributed by atoms with Gasteiger partial charge in [0.1, 0.15) is 0 Å². The Balaban J connectivity index is 2.14. The minimum absolute atomic E-state index is 0.263. The van der Waals surface area contributed by atoms with Crippen LogP contribution < -0.4 is 0 Å². The molecule has 80 valence electrons. The Labute approximate surface area is 84.5 Å². The molecule has 0 aromatic carbocycles. The van der Waals surface area contributed by atoms with Crippen LogP contribution in [0.4, 0.5) is 0 Å².